The normalized spacial score (nSPS) is 13.4. The molecule has 11 rings (SSSR count). The molecule has 3 heteroatoms. The van der Waals surface area contributed by atoms with Crippen molar-refractivity contribution >= 4 is 55.7 Å². The maximum Gasteiger partial charge on any atom is 0.159 e. The summed E-state index contributed by atoms with van der Waals surface area (Å²) in [4.78, 5) is 4.98. The number of benzene rings is 9. The first-order chi connectivity index (χ1) is 27.6. The van der Waals surface area contributed by atoms with Gasteiger partial charge < -0.3 is 14.5 Å². The third-order valence-corrected chi connectivity index (χ3v) is 11.8. The monoisotopic (exact) mass is 718 g/mol. The molecule has 0 atom stereocenters. The van der Waals surface area contributed by atoms with Crippen molar-refractivity contribution in [1.29, 1.82) is 0 Å². The lowest BCUT2D eigenvalue weighted by Gasteiger charge is -2.47. The average molecular weight is 719 g/mol. The molecule has 0 aliphatic carbocycles. The molecule has 3 nitrogen and oxygen atoms in total. The maximum absolute atomic E-state index is 7.09. The van der Waals surface area contributed by atoms with Gasteiger partial charge in [-0.05, 0) is 69.4 Å². The van der Waals surface area contributed by atoms with Crippen molar-refractivity contribution in [3.63, 3.8) is 0 Å². The Balaban J connectivity index is 1.21. The van der Waals surface area contributed by atoms with Crippen LogP contribution in [0.3, 0.4) is 0 Å². The van der Waals surface area contributed by atoms with Gasteiger partial charge in [-0.25, -0.2) is 0 Å². The standard InChI is InChI=1S/C53H38N2O/c1-53(2)44-33-32-43(38-17-7-4-8-18-38)52-51(44)55(50-42-23-12-10-20-39(42)29-34-48(50)56-52)47-26-14-25-46(49(47)53)54(45-24-13-21-37-19-9-11-22-41(37)45)40-30-27-36(28-31-40)35-15-5-3-6-16-35/h3-34H,1-2H3. The Hall–Kier alpha value is -7.10. The molecule has 9 aromatic carbocycles. The van der Waals surface area contributed by atoms with Gasteiger partial charge >= 0.3 is 0 Å². The zero-order valence-electron chi connectivity index (χ0n) is 31.3. The number of rotatable bonds is 5. The summed E-state index contributed by atoms with van der Waals surface area (Å²) in [6.45, 7) is 4.76. The van der Waals surface area contributed by atoms with Crippen LogP contribution < -0.4 is 14.5 Å². The highest BCUT2D eigenvalue weighted by Crippen LogP contribution is 2.64. The Labute approximate surface area is 327 Å². The molecule has 9 aromatic rings. The predicted octanol–water partition coefficient (Wildman–Crippen LogP) is 15.0. The number of anilines is 6. The van der Waals surface area contributed by atoms with Crippen LogP contribution >= 0.6 is 0 Å². The molecular formula is C53H38N2O. The number of hydrogen-bond donors (Lipinski definition) is 0. The van der Waals surface area contributed by atoms with E-state index in [0.717, 1.165) is 62.1 Å². The molecule has 0 N–H and O–H groups in total. The Morgan fingerprint density at radius 2 is 1.07 bits per heavy atom. The fourth-order valence-corrected chi connectivity index (χ4v) is 9.18. The van der Waals surface area contributed by atoms with E-state index in [1.165, 1.54) is 38.4 Å². The SMILES string of the molecule is CC1(C)c2ccc(-c3ccccc3)c3c2N(c2cccc(N(c4ccc(-c5ccccc5)cc4)c4cccc5ccccc45)c21)c1c(ccc2ccccc12)O3. The van der Waals surface area contributed by atoms with Crippen molar-refractivity contribution in [1.82, 2.24) is 0 Å². The second-order valence-electron chi connectivity index (χ2n) is 15.3. The molecule has 0 spiro atoms. The fourth-order valence-electron chi connectivity index (χ4n) is 9.18. The smallest absolute Gasteiger partial charge is 0.159 e. The molecule has 0 bridgehead atoms. The Morgan fingerprint density at radius 1 is 0.464 bits per heavy atom. The third kappa shape index (κ3) is 4.84. The molecule has 56 heavy (non-hydrogen) atoms. The summed E-state index contributed by atoms with van der Waals surface area (Å²) in [6.07, 6.45) is 0. The minimum atomic E-state index is -0.417. The van der Waals surface area contributed by atoms with Crippen LogP contribution in [0.15, 0.2) is 194 Å². The van der Waals surface area contributed by atoms with Gasteiger partial charge in [0.25, 0.3) is 0 Å². The first-order valence-corrected chi connectivity index (χ1v) is 19.4. The quantitative estimate of drug-likeness (QED) is 0.176. The molecule has 0 radical (unpaired) electrons. The lowest BCUT2D eigenvalue weighted by atomic mass is 9.71. The van der Waals surface area contributed by atoms with Crippen molar-refractivity contribution in [2.24, 2.45) is 0 Å². The molecule has 0 saturated heterocycles. The van der Waals surface area contributed by atoms with Crippen LogP contribution in [0, 0.1) is 0 Å². The van der Waals surface area contributed by atoms with Crippen LogP contribution in [-0.4, -0.2) is 0 Å². The summed E-state index contributed by atoms with van der Waals surface area (Å²) in [5.41, 5.74) is 13.4. The summed E-state index contributed by atoms with van der Waals surface area (Å²) in [5, 5.41) is 4.74. The molecule has 266 valence electrons. The van der Waals surface area contributed by atoms with Crippen molar-refractivity contribution in [2.75, 3.05) is 9.80 Å². The maximum atomic E-state index is 7.09. The first kappa shape index (κ1) is 32.3. The van der Waals surface area contributed by atoms with Crippen molar-refractivity contribution < 1.29 is 4.74 Å². The molecule has 0 saturated carbocycles. The van der Waals surface area contributed by atoms with E-state index in [9.17, 15) is 0 Å². The van der Waals surface area contributed by atoms with E-state index in [0.29, 0.717) is 0 Å². The summed E-state index contributed by atoms with van der Waals surface area (Å²) in [5.74, 6) is 1.74. The van der Waals surface area contributed by atoms with Crippen LogP contribution in [0.2, 0.25) is 0 Å². The van der Waals surface area contributed by atoms with Crippen LogP contribution in [0.5, 0.6) is 11.5 Å². The molecule has 0 fully saturated rings. The lowest BCUT2D eigenvalue weighted by molar-refractivity contribution is 0.474. The highest BCUT2D eigenvalue weighted by Gasteiger charge is 2.45. The fraction of sp³-hybridized carbons (Fsp3) is 0.0566. The van der Waals surface area contributed by atoms with E-state index in [-0.39, 0.29) is 0 Å². The number of hydrogen-bond acceptors (Lipinski definition) is 3. The summed E-state index contributed by atoms with van der Waals surface area (Å²) in [7, 11) is 0. The van der Waals surface area contributed by atoms with Gasteiger partial charge in [-0.2, -0.15) is 0 Å². The van der Waals surface area contributed by atoms with Gasteiger partial charge in [-0.15, -0.1) is 0 Å². The van der Waals surface area contributed by atoms with Gasteiger partial charge in [-0.1, -0.05) is 172 Å². The van der Waals surface area contributed by atoms with E-state index in [4.69, 9.17) is 4.74 Å². The Kier molecular flexibility index (Phi) is 7.20. The van der Waals surface area contributed by atoms with Gasteiger partial charge in [0.05, 0.1) is 28.4 Å². The first-order valence-electron chi connectivity index (χ1n) is 19.4. The van der Waals surface area contributed by atoms with Crippen LogP contribution in [-0.2, 0) is 5.41 Å². The molecular weight excluding hydrogens is 681 g/mol. The highest BCUT2D eigenvalue weighted by atomic mass is 16.5. The van der Waals surface area contributed by atoms with Crippen LogP contribution in [0.25, 0.3) is 43.8 Å². The molecule has 0 unspecified atom stereocenters. The van der Waals surface area contributed by atoms with Gasteiger partial charge in [-0.3, -0.25) is 0 Å². The lowest BCUT2D eigenvalue weighted by Crippen LogP contribution is -2.34. The summed E-state index contributed by atoms with van der Waals surface area (Å²) in [6, 6.07) is 70.1. The second kappa shape index (κ2) is 12.5. The van der Waals surface area contributed by atoms with Crippen molar-refractivity contribution in [3.05, 3.63) is 205 Å². The summed E-state index contributed by atoms with van der Waals surface area (Å²) < 4.78 is 7.09. The van der Waals surface area contributed by atoms with Crippen molar-refractivity contribution in [2.45, 2.75) is 19.3 Å². The minimum absolute atomic E-state index is 0.417. The zero-order valence-corrected chi connectivity index (χ0v) is 31.3. The van der Waals surface area contributed by atoms with Crippen LogP contribution in [0.4, 0.5) is 34.1 Å². The molecule has 2 aliphatic heterocycles. The van der Waals surface area contributed by atoms with Crippen LogP contribution in [0.1, 0.15) is 25.0 Å². The average Bonchev–Trinajstić information content (AvgIpc) is 3.26. The summed E-state index contributed by atoms with van der Waals surface area (Å²) >= 11 is 0. The van der Waals surface area contributed by atoms with Gasteiger partial charge in [0.15, 0.2) is 11.5 Å². The minimum Gasteiger partial charge on any atom is -0.452 e. The Bertz CT molecular complexity index is 2960. The molecule has 0 aromatic heterocycles. The highest BCUT2D eigenvalue weighted by molar-refractivity contribution is 6.09. The van der Waals surface area contributed by atoms with E-state index < -0.39 is 5.41 Å². The van der Waals surface area contributed by atoms with Crippen molar-refractivity contribution in [3.8, 4) is 33.8 Å². The Morgan fingerprint density at radius 3 is 1.84 bits per heavy atom. The van der Waals surface area contributed by atoms with E-state index in [1.807, 2.05) is 0 Å². The van der Waals surface area contributed by atoms with E-state index in [2.05, 4.69) is 218 Å². The van der Waals surface area contributed by atoms with Gasteiger partial charge in [0.2, 0.25) is 0 Å². The number of ether oxygens (including phenoxy) is 1. The topological polar surface area (TPSA) is 15.7 Å². The predicted molar refractivity (Wildman–Crippen MR) is 234 cm³/mol. The zero-order chi connectivity index (χ0) is 37.4. The van der Waals surface area contributed by atoms with E-state index >= 15 is 0 Å². The second-order valence-corrected chi connectivity index (χ2v) is 15.3. The number of nitrogens with zero attached hydrogens (tertiary/aromatic N) is 2. The molecule has 2 aliphatic rings. The van der Waals surface area contributed by atoms with E-state index in [1.54, 1.807) is 0 Å². The molecule has 2 heterocycles. The van der Waals surface area contributed by atoms with Gasteiger partial charge in [0.1, 0.15) is 0 Å². The largest absolute Gasteiger partial charge is 0.452 e. The third-order valence-electron chi connectivity index (χ3n) is 11.8. The molecule has 0 amide bonds. The van der Waals surface area contributed by atoms with Gasteiger partial charge in [0, 0.05) is 33.0 Å². The number of fused-ring (bicyclic) bond motifs is 7.